The van der Waals surface area contributed by atoms with Crippen LogP contribution >= 0.6 is 0 Å². The Morgan fingerprint density at radius 1 is 1.22 bits per heavy atom. The Balaban J connectivity index is 2.19. The zero-order valence-corrected chi connectivity index (χ0v) is 11.5. The number of amides is 2. The van der Waals surface area contributed by atoms with Crippen LogP contribution in [0.25, 0.3) is 0 Å². The van der Waals surface area contributed by atoms with Crippen molar-refractivity contribution in [3.05, 3.63) is 0 Å². The third kappa shape index (κ3) is 2.13. The van der Waals surface area contributed by atoms with Crippen LogP contribution in [-0.2, 0) is 9.59 Å². The van der Waals surface area contributed by atoms with E-state index in [4.69, 9.17) is 0 Å². The van der Waals surface area contributed by atoms with Crippen molar-refractivity contribution in [3.63, 3.8) is 0 Å². The molecule has 1 aliphatic carbocycles. The molecule has 1 aliphatic heterocycles. The van der Waals surface area contributed by atoms with Gasteiger partial charge in [-0.2, -0.15) is 0 Å². The van der Waals surface area contributed by atoms with Gasteiger partial charge in [0.05, 0.1) is 6.54 Å². The van der Waals surface area contributed by atoms with Gasteiger partial charge in [0, 0.05) is 6.54 Å². The molecule has 1 saturated carbocycles. The fourth-order valence-electron chi connectivity index (χ4n) is 3.46. The van der Waals surface area contributed by atoms with Gasteiger partial charge in [0.2, 0.25) is 11.8 Å². The van der Waals surface area contributed by atoms with E-state index < -0.39 is 5.54 Å². The zero-order valence-electron chi connectivity index (χ0n) is 11.5. The lowest BCUT2D eigenvalue weighted by molar-refractivity contribution is -0.155. The Morgan fingerprint density at radius 3 is 2.39 bits per heavy atom. The van der Waals surface area contributed by atoms with Crippen LogP contribution in [0.2, 0.25) is 0 Å². The predicted octanol–water partition coefficient (Wildman–Crippen LogP) is 1.69. The van der Waals surface area contributed by atoms with E-state index >= 15 is 0 Å². The van der Waals surface area contributed by atoms with E-state index in [0.29, 0.717) is 18.8 Å². The SMILES string of the molecule is CCC1(CC)C(=O)NCC(=O)N1CC1CCCC1. The molecule has 2 amide bonds. The smallest absolute Gasteiger partial charge is 0.246 e. The van der Waals surface area contributed by atoms with E-state index in [1.165, 1.54) is 25.7 Å². The van der Waals surface area contributed by atoms with Gasteiger partial charge in [-0.15, -0.1) is 0 Å². The highest BCUT2D eigenvalue weighted by Gasteiger charge is 2.47. The van der Waals surface area contributed by atoms with Crippen molar-refractivity contribution < 1.29 is 9.59 Å². The molecule has 0 radical (unpaired) electrons. The van der Waals surface area contributed by atoms with Crippen LogP contribution in [0.3, 0.4) is 0 Å². The summed E-state index contributed by atoms with van der Waals surface area (Å²) in [5, 5.41) is 2.75. The highest BCUT2D eigenvalue weighted by molar-refractivity contribution is 5.97. The van der Waals surface area contributed by atoms with Gasteiger partial charge < -0.3 is 10.2 Å². The standard InChI is InChI=1S/C14H24N2O2/c1-3-14(4-2)13(18)15-9-12(17)16(14)10-11-7-5-6-8-11/h11H,3-10H2,1-2H3,(H,15,18). The van der Waals surface area contributed by atoms with Crippen LogP contribution in [0.15, 0.2) is 0 Å². The van der Waals surface area contributed by atoms with Gasteiger partial charge in [-0.05, 0) is 31.6 Å². The molecule has 4 heteroatoms. The minimum Gasteiger partial charge on any atom is -0.345 e. The molecule has 2 rings (SSSR count). The third-order valence-electron chi connectivity index (χ3n) is 4.73. The van der Waals surface area contributed by atoms with Crippen LogP contribution < -0.4 is 5.32 Å². The summed E-state index contributed by atoms with van der Waals surface area (Å²) >= 11 is 0. The first-order chi connectivity index (χ1) is 8.64. The number of nitrogens with zero attached hydrogens (tertiary/aromatic N) is 1. The Hall–Kier alpha value is -1.06. The van der Waals surface area contributed by atoms with Gasteiger partial charge in [0.15, 0.2) is 0 Å². The fourth-order valence-corrected chi connectivity index (χ4v) is 3.46. The molecule has 0 aromatic carbocycles. The molecule has 2 aliphatic rings. The molecule has 1 N–H and O–H groups in total. The lowest BCUT2D eigenvalue weighted by Gasteiger charge is -2.46. The average Bonchev–Trinajstić information content (AvgIpc) is 2.88. The molecule has 4 nitrogen and oxygen atoms in total. The second-order valence-corrected chi connectivity index (χ2v) is 5.58. The number of carbonyl (C=O) groups is 2. The Labute approximate surface area is 109 Å². The molecule has 0 spiro atoms. The minimum atomic E-state index is -0.599. The summed E-state index contributed by atoms with van der Waals surface area (Å²) < 4.78 is 0. The summed E-state index contributed by atoms with van der Waals surface area (Å²) in [5.41, 5.74) is -0.599. The summed E-state index contributed by atoms with van der Waals surface area (Å²) in [7, 11) is 0. The van der Waals surface area contributed by atoms with Crippen molar-refractivity contribution in [1.82, 2.24) is 10.2 Å². The van der Waals surface area contributed by atoms with Crippen molar-refractivity contribution in [3.8, 4) is 0 Å². The second kappa shape index (κ2) is 5.29. The Morgan fingerprint density at radius 2 is 1.83 bits per heavy atom. The molecule has 0 bridgehead atoms. The molecule has 0 atom stereocenters. The van der Waals surface area contributed by atoms with Crippen LogP contribution in [0, 0.1) is 5.92 Å². The third-order valence-corrected chi connectivity index (χ3v) is 4.73. The van der Waals surface area contributed by atoms with E-state index in [2.05, 4.69) is 5.32 Å². The lowest BCUT2D eigenvalue weighted by Crippen LogP contribution is -2.67. The van der Waals surface area contributed by atoms with E-state index in [9.17, 15) is 9.59 Å². The second-order valence-electron chi connectivity index (χ2n) is 5.58. The van der Waals surface area contributed by atoms with Gasteiger partial charge in [-0.3, -0.25) is 9.59 Å². The summed E-state index contributed by atoms with van der Waals surface area (Å²) in [5.74, 6) is 0.715. The van der Waals surface area contributed by atoms with Gasteiger partial charge >= 0.3 is 0 Å². The maximum absolute atomic E-state index is 12.2. The molecule has 1 saturated heterocycles. The van der Waals surface area contributed by atoms with E-state index in [1.807, 2.05) is 18.7 Å². The van der Waals surface area contributed by atoms with E-state index in [1.54, 1.807) is 0 Å². The normalized spacial score (nSPS) is 24.4. The van der Waals surface area contributed by atoms with Crippen molar-refractivity contribution >= 4 is 11.8 Å². The monoisotopic (exact) mass is 252 g/mol. The number of nitrogens with one attached hydrogen (secondary N) is 1. The Kier molecular flexibility index (Phi) is 3.93. The average molecular weight is 252 g/mol. The molecule has 102 valence electrons. The molecular weight excluding hydrogens is 228 g/mol. The topological polar surface area (TPSA) is 49.4 Å². The first-order valence-corrected chi connectivity index (χ1v) is 7.22. The fraction of sp³-hybridized carbons (Fsp3) is 0.857. The van der Waals surface area contributed by atoms with Crippen LogP contribution in [0.5, 0.6) is 0 Å². The highest BCUT2D eigenvalue weighted by atomic mass is 16.2. The molecule has 2 fully saturated rings. The van der Waals surface area contributed by atoms with Crippen LogP contribution in [0.4, 0.5) is 0 Å². The van der Waals surface area contributed by atoms with E-state index in [0.717, 1.165) is 6.54 Å². The van der Waals surface area contributed by atoms with Gasteiger partial charge in [0.25, 0.3) is 0 Å². The van der Waals surface area contributed by atoms with Gasteiger partial charge in [0.1, 0.15) is 5.54 Å². The molecule has 18 heavy (non-hydrogen) atoms. The predicted molar refractivity (Wildman–Crippen MR) is 70.0 cm³/mol. The number of rotatable bonds is 4. The highest BCUT2D eigenvalue weighted by Crippen LogP contribution is 2.32. The zero-order chi connectivity index (χ0) is 13.2. The van der Waals surface area contributed by atoms with Crippen molar-refractivity contribution in [2.45, 2.75) is 57.9 Å². The summed E-state index contributed by atoms with van der Waals surface area (Å²) in [4.78, 5) is 26.3. The largest absolute Gasteiger partial charge is 0.345 e. The first kappa shape index (κ1) is 13.4. The molecule has 1 heterocycles. The molecular formula is C14H24N2O2. The first-order valence-electron chi connectivity index (χ1n) is 7.22. The maximum atomic E-state index is 12.2. The Bertz CT molecular complexity index is 331. The minimum absolute atomic E-state index is 0.0325. The number of carbonyl (C=O) groups excluding carboxylic acids is 2. The number of hydrogen-bond donors (Lipinski definition) is 1. The summed E-state index contributed by atoms with van der Waals surface area (Å²) in [6.45, 7) is 4.95. The quantitative estimate of drug-likeness (QED) is 0.828. The van der Waals surface area contributed by atoms with Crippen LogP contribution in [-0.4, -0.2) is 35.3 Å². The number of piperazine rings is 1. The molecule has 0 aromatic heterocycles. The molecule has 0 aromatic rings. The lowest BCUT2D eigenvalue weighted by atomic mass is 9.86. The molecule has 0 unspecified atom stereocenters. The van der Waals surface area contributed by atoms with Gasteiger partial charge in [-0.25, -0.2) is 0 Å². The van der Waals surface area contributed by atoms with Crippen LogP contribution in [0.1, 0.15) is 52.4 Å². The van der Waals surface area contributed by atoms with Crippen molar-refractivity contribution in [2.24, 2.45) is 5.92 Å². The van der Waals surface area contributed by atoms with Crippen molar-refractivity contribution in [2.75, 3.05) is 13.1 Å². The summed E-state index contributed by atoms with van der Waals surface area (Å²) in [6.07, 6.45) is 6.35. The number of hydrogen-bond acceptors (Lipinski definition) is 2. The maximum Gasteiger partial charge on any atom is 0.246 e. The van der Waals surface area contributed by atoms with E-state index in [-0.39, 0.29) is 18.4 Å². The van der Waals surface area contributed by atoms with Gasteiger partial charge in [-0.1, -0.05) is 26.7 Å². The van der Waals surface area contributed by atoms with Crippen molar-refractivity contribution in [1.29, 1.82) is 0 Å². The summed E-state index contributed by atoms with van der Waals surface area (Å²) in [6, 6.07) is 0.